The quantitative estimate of drug-likeness (QED) is 0.454. The van der Waals surface area contributed by atoms with Gasteiger partial charge in [0.25, 0.3) is 0 Å². The maximum atomic E-state index is 13.7. The van der Waals surface area contributed by atoms with Gasteiger partial charge in [0, 0.05) is 16.8 Å². The van der Waals surface area contributed by atoms with Gasteiger partial charge in [-0.2, -0.15) is 4.39 Å². The molecule has 0 amide bonds. The summed E-state index contributed by atoms with van der Waals surface area (Å²) in [7, 11) is 0. The number of fused-ring (bicyclic) bond motifs is 3. The Kier molecular flexibility index (Phi) is 3.96. The van der Waals surface area contributed by atoms with Gasteiger partial charge in [-0.05, 0) is 24.6 Å². The molecule has 1 aromatic heterocycles. The van der Waals surface area contributed by atoms with Crippen molar-refractivity contribution in [1.82, 2.24) is 0 Å². The van der Waals surface area contributed by atoms with Crippen molar-refractivity contribution in [2.75, 3.05) is 6.61 Å². The standard InChI is InChI=1S/C17H15F3O2/c1-2-3-4-7-21-10-5-6-11-12-9-13(18)15(19)16(20)17(12)22-14(11)8-10/h5-6,8-9H,2-4,7H2,1H3. The van der Waals surface area contributed by atoms with Crippen LogP contribution in [0.5, 0.6) is 5.75 Å². The van der Waals surface area contributed by atoms with E-state index in [2.05, 4.69) is 6.92 Å². The van der Waals surface area contributed by atoms with Crippen LogP contribution in [-0.4, -0.2) is 6.61 Å². The van der Waals surface area contributed by atoms with Gasteiger partial charge in [0.2, 0.25) is 5.82 Å². The molecule has 0 saturated carbocycles. The maximum Gasteiger partial charge on any atom is 0.204 e. The Morgan fingerprint density at radius 1 is 1.00 bits per heavy atom. The second-order valence-corrected chi connectivity index (χ2v) is 5.18. The Bertz CT molecular complexity index is 824. The van der Waals surface area contributed by atoms with Crippen LogP contribution in [-0.2, 0) is 0 Å². The molecule has 3 aromatic rings. The first kappa shape index (κ1) is 14.8. The Balaban J connectivity index is 1.99. The molecule has 22 heavy (non-hydrogen) atoms. The number of furan rings is 1. The monoisotopic (exact) mass is 308 g/mol. The molecule has 0 aliphatic rings. The van der Waals surface area contributed by atoms with Crippen molar-refractivity contribution in [1.29, 1.82) is 0 Å². The fourth-order valence-electron chi connectivity index (χ4n) is 2.43. The number of benzene rings is 2. The predicted molar refractivity (Wildman–Crippen MR) is 78.6 cm³/mol. The highest BCUT2D eigenvalue weighted by molar-refractivity contribution is 6.05. The lowest BCUT2D eigenvalue weighted by molar-refractivity contribution is 0.306. The minimum absolute atomic E-state index is 0.212. The molecule has 1 heterocycles. The predicted octanol–water partition coefficient (Wildman–Crippen LogP) is 5.57. The molecule has 0 bridgehead atoms. The molecule has 3 rings (SSSR count). The molecule has 0 fully saturated rings. The van der Waals surface area contributed by atoms with Gasteiger partial charge in [-0.1, -0.05) is 19.8 Å². The molecule has 5 heteroatoms. The molecule has 0 N–H and O–H groups in total. The van der Waals surface area contributed by atoms with Crippen molar-refractivity contribution in [3.63, 3.8) is 0 Å². The molecule has 2 aromatic carbocycles. The number of ether oxygens (including phenoxy) is 1. The Morgan fingerprint density at radius 2 is 1.82 bits per heavy atom. The van der Waals surface area contributed by atoms with E-state index in [0.717, 1.165) is 25.3 Å². The van der Waals surface area contributed by atoms with Crippen LogP contribution < -0.4 is 4.74 Å². The minimum atomic E-state index is -1.53. The van der Waals surface area contributed by atoms with E-state index in [0.29, 0.717) is 23.3 Å². The van der Waals surface area contributed by atoms with Crippen LogP contribution in [0.25, 0.3) is 21.9 Å². The largest absolute Gasteiger partial charge is 0.493 e. The minimum Gasteiger partial charge on any atom is -0.493 e. The summed E-state index contributed by atoms with van der Waals surface area (Å²) in [4.78, 5) is 0. The third-order valence-electron chi connectivity index (χ3n) is 3.59. The third-order valence-corrected chi connectivity index (χ3v) is 3.59. The molecule has 0 unspecified atom stereocenters. The first-order valence-electron chi connectivity index (χ1n) is 7.24. The SMILES string of the molecule is CCCCCOc1ccc2c(c1)oc1c(F)c(F)c(F)cc12. The average molecular weight is 308 g/mol. The summed E-state index contributed by atoms with van der Waals surface area (Å²) in [6.07, 6.45) is 3.12. The maximum absolute atomic E-state index is 13.7. The lowest BCUT2D eigenvalue weighted by Gasteiger charge is -2.04. The van der Waals surface area contributed by atoms with E-state index in [1.165, 1.54) is 0 Å². The van der Waals surface area contributed by atoms with Gasteiger partial charge in [-0.3, -0.25) is 0 Å². The van der Waals surface area contributed by atoms with Crippen LogP contribution in [0.4, 0.5) is 13.2 Å². The van der Waals surface area contributed by atoms with Gasteiger partial charge < -0.3 is 9.15 Å². The Hall–Kier alpha value is -2.17. The molecule has 0 aliphatic heterocycles. The van der Waals surface area contributed by atoms with Crippen molar-refractivity contribution in [3.8, 4) is 5.75 Å². The first-order valence-corrected chi connectivity index (χ1v) is 7.24. The summed E-state index contributed by atoms with van der Waals surface area (Å²) in [5.74, 6) is -3.48. The van der Waals surface area contributed by atoms with E-state index < -0.39 is 17.5 Å². The number of rotatable bonds is 5. The first-order chi connectivity index (χ1) is 10.6. The van der Waals surface area contributed by atoms with Gasteiger partial charge >= 0.3 is 0 Å². The molecule has 116 valence electrons. The van der Waals surface area contributed by atoms with E-state index in [-0.39, 0.29) is 11.0 Å². The van der Waals surface area contributed by atoms with Crippen LogP contribution >= 0.6 is 0 Å². The molecule has 0 saturated heterocycles. The number of unbranched alkanes of at least 4 members (excludes halogenated alkanes) is 2. The van der Waals surface area contributed by atoms with Crippen molar-refractivity contribution in [3.05, 3.63) is 41.7 Å². The molecular weight excluding hydrogens is 293 g/mol. The van der Waals surface area contributed by atoms with E-state index in [1.807, 2.05) is 0 Å². The van der Waals surface area contributed by atoms with E-state index in [4.69, 9.17) is 9.15 Å². The zero-order valence-corrected chi connectivity index (χ0v) is 12.1. The zero-order chi connectivity index (χ0) is 15.7. The summed E-state index contributed by atoms with van der Waals surface area (Å²) in [5.41, 5.74) is 0.0592. The van der Waals surface area contributed by atoms with Crippen molar-refractivity contribution in [2.45, 2.75) is 26.2 Å². The van der Waals surface area contributed by atoms with Gasteiger partial charge in [0.05, 0.1) is 6.61 Å². The molecule has 0 radical (unpaired) electrons. The fraction of sp³-hybridized carbons (Fsp3) is 0.294. The highest BCUT2D eigenvalue weighted by Crippen LogP contribution is 2.34. The molecule has 0 aliphatic carbocycles. The van der Waals surface area contributed by atoms with Crippen LogP contribution in [0, 0.1) is 17.5 Å². The van der Waals surface area contributed by atoms with Crippen molar-refractivity contribution in [2.24, 2.45) is 0 Å². The normalized spacial score (nSPS) is 11.5. The lowest BCUT2D eigenvalue weighted by Crippen LogP contribution is -1.96. The Labute approximate surface area is 125 Å². The topological polar surface area (TPSA) is 22.4 Å². The molecule has 2 nitrogen and oxygen atoms in total. The van der Waals surface area contributed by atoms with Crippen molar-refractivity contribution >= 4 is 21.9 Å². The van der Waals surface area contributed by atoms with Crippen molar-refractivity contribution < 1.29 is 22.3 Å². The summed E-state index contributed by atoms with van der Waals surface area (Å²) >= 11 is 0. The molecule has 0 atom stereocenters. The number of hydrogen-bond acceptors (Lipinski definition) is 2. The van der Waals surface area contributed by atoms with Gasteiger partial charge in [-0.15, -0.1) is 0 Å². The summed E-state index contributed by atoms with van der Waals surface area (Å²) in [6.45, 7) is 2.68. The van der Waals surface area contributed by atoms with E-state index in [1.54, 1.807) is 18.2 Å². The Morgan fingerprint density at radius 3 is 2.59 bits per heavy atom. The highest BCUT2D eigenvalue weighted by atomic mass is 19.2. The van der Waals surface area contributed by atoms with E-state index in [9.17, 15) is 13.2 Å². The second-order valence-electron chi connectivity index (χ2n) is 5.18. The van der Waals surface area contributed by atoms with Crippen LogP contribution in [0.1, 0.15) is 26.2 Å². The van der Waals surface area contributed by atoms with Gasteiger partial charge in [0.15, 0.2) is 17.2 Å². The number of halogens is 3. The lowest BCUT2D eigenvalue weighted by atomic mass is 10.1. The summed E-state index contributed by atoms with van der Waals surface area (Å²) < 4.78 is 51.3. The molecule has 0 spiro atoms. The molecular formula is C17H15F3O2. The summed E-state index contributed by atoms with van der Waals surface area (Å²) in [6, 6.07) is 5.92. The smallest absolute Gasteiger partial charge is 0.204 e. The average Bonchev–Trinajstić information content (AvgIpc) is 2.87. The van der Waals surface area contributed by atoms with E-state index >= 15 is 0 Å². The second kappa shape index (κ2) is 5.91. The third kappa shape index (κ3) is 2.51. The number of hydrogen-bond donors (Lipinski definition) is 0. The fourth-order valence-corrected chi connectivity index (χ4v) is 2.43. The highest BCUT2D eigenvalue weighted by Gasteiger charge is 2.19. The zero-order valence-electron chi connectivity index (χ0n) is 12.1. The van der Waals surface area contributed by atoms with Gasteiger partial charge in [-0.25, -0.2) is 8.78 Å². The van der Waals surface area contributed by atoms with Crippen LogP contribution in [0.15, 0.2) is 28.7 Å². The van der Waals surface area contributed by atoms with Crippen LogP contribution in [0.3, 0.4) is 0 Å². The summed E-state index contributed by atoms with van der Waals surface area (Å²) in [5, 5.41) is 0.734. The van der Waals surface area contributed by atoms with Gasteiger partial charge in [0.1, 0.15) is 11.3 Å². The van der Waals surface area contributed by atoms with Crippen LogP contribution in [0.2, 0.25) is 0 Å².